The normalized spacial score (nSPS) is 11.1. The zero-order valence-corrected chi connectivity index (χ0v) is 16.2. The first-order valence-corrected chi connectivity index (χ1v) is 9.09. The molecule has 3 rings (SSSR count). The second-order valence-electron chi connectivity index (χ2n) is 5.36. The van der Waals surface area contributed by atoms with Gasteiger partial charge < -0.3 is 14.8 Å². The van der Waals surface area contributed by atoms with Crippen LogP contribution >= 0.6 is 22.9 Å². The molecule has 0 aliphatic heterocycles. The molecule has 1 aromatic heterocycles. The molecular weight excluding hydrogens is 386 g/mol. The van der Waals surface area contributed by atoms with Gasteiger partial charge in [-0.05, 0) is 48.0 Å². The Labute approximate surface area is 165 Å². The Kier molecular flexibility index (Phi) is 6.05. The van der Waals surface area contributed by atoms with Gasteiger partial charge in [0.2, 0.25) is 5.01 Å². The van der Waals surface area contributed by atoms with Crippen molar-refractivity contribution in [3.05, 3.63) is 64.1 Å². The van der Waals surface area contributed by atoms with Crippen LogP contribution < -0.4 is 14.8 Å². The molecule has 6 nitrogen and oxygen atoms in total. The van der Waals surface area contributed by atoms with E-state index in [1.54, 1.807) is 44.6 Å². The number of anilines is 1. The summed E-state index contributed by atoms with van der Waals surface area (Å²) in [6, 6.07) is 14.4. The Morgan fingerprint density at radius 3 is 2.11 bits per heavy atom. The average Bonchev–Trinajstić information content (AvgIpc) is 3.20. The highest BCUT2D eigenvalue weighted by molar-refractivity contribution is 7.15. The molecule has 27 heavy (non-hydrogen) atoms. The van der Waals surface area contributed by atoms with Gasteiger partial charge in [0.1, 0.15) is 11.5 Å². The lowest BCUT2D eigenvalue weighted by Gasteiger charge is -2.03. The van der Waals surface area contributed by atoms with E-state index >= 15 is 0 Å². The second-order valence-corrected chi connectivity index (χ2v) is 6.75. The maximum atomic E-state index is 12.3. The molecule has 1 N–H and O–H groups in total. The maximum Gasteiger partial charge on any atom is 0.286 e. The van der Waals surface area contributed by atoms with Gasteiger partial charge in [-0.3, -0.25) is 4.79 Å². The zero-order valence-electron chi connectivity index (χ0n) is 14.6. The first-order valence-electron chi connectivity index (χ1n) is 7.89. The SMILES string of the molecule is COc1ccc(C=C(Cl)c2nnc(C(=O)Nc3ccc(OC)cc3)s2)cc1. The molecule has 0 spiro atoms. The number of ether oxygens (including phenoxy) is 2. The lowest BCUT2D eigenvalue weighted by Crippen LogP contribution is -2.11. The van der Waals surface area contributed by atoms with Gasteiger partial charge in [0.15, 0.2) is 5.01 Å². The average molecular weight is 402 g/mol. The van der Waals surface area contributed by atoms with E-state index in [-0.39, 0.29) is 10.9 Å². The molecule has 0 unspecified atom stereocenters. The fourth-order valence-electron chi connectivity index (χ4n) is 2.18. The standard InChI is InChI=1S/C19H16ClN3O3S/c1-25-14-7-3-12(4-8-14)11-16(20)18-22-23-19(27-18)17(24)21-13-5-9-15(26-2)10-6-13/h3-11H,1-2H3,(H,21,24). The third-order valence-electron chi connectivity index (χ3n) is 3.58. The molecule has 138 valence electrons. The molecule has 8 heteroatoms. The molecule has 0 saturated carbocycles. The van der Waals surface area contributed by atoms with Gasteiger partial charge in [0, 0.05) is 5.69 Å². The van der Waals surface area contributed by atoms with Crippen molar-refractivity contribution in [1.29, 1.82) is 0 Å². The highest BCUT2D eigenvalue weighted by atomic mass is 35.5. The van der Waals surface area contributed by atoms with Crippen molar-refractivity contribution in [2.24, 2.45) is 0 Å². The minimum atomic E-state index is -0.349. The predicted octanol–water partition coefficient (Wildman–Crippen LogP) is 4.54. The summed E-state index contributed by atoms with van der Waals surface area (Å²) in [6.07, 6.45) is 1.76. The van der Waals surface area contributed by atoms with E-state index in [2.05, 4.69) is 15.5 Å². The van der Waals surface area contributed by atoms with Crippen LogP contribution in [0.2, 0.25) is 0 Å². The Morgan fingerprint density at radius 2 is 1.52 bits per heavy atom. The summed E-state index contributed by atoms with van der Waals surface area (Å²) in [4.78, 5) is 12.3. The second kappa shape index (κ2) is 8.66. The summed E-state index contributed by atoms with van der Waals surface area (Å²) in [5, 5.41) is 11.8. The molecule has 0 aliphatic carbocycles. The van der Waals surface area contributed by atoms with E-state index in [9.17, 15) is 4.79 Å². The molecule has 0 bridgehead atoms. The number of carbonyl (C=O) groups excluding carboxylic acids is 1. The van der Waals surface area contributed by atoms with Crippen LogP contribution in [-0.4, -0.2) is 30.3 Å². The van der Waals surface area contributed by atoms with Crippen LogP contribution in [0.15, 0.2) is 48.5 Å². The van der Waals surface area contributed by atoms with Crippen molar-refractivity contribution in [2.45, 2.75) is 0 Å². The zero-order chi connectivity index (χ0) is 19.2. The van der Waals surface area contributed by atoms with Gasteiger partial charge in [-0.2, -0.15) is 0 Å². The summed E-state index contributed by atoms with van der Waals surface area (Å²) in [7, 11) is 3.19. The minimum Gasteiger partial charge on any atom is -0.497 e. The van der Waals surface area contributed by atoms with E-state index in [1.165, 1.54) is 0 Å². The summed E-state index contributed by atoms with van der Waals surface area (Å²) in [5.74, 6) is 1.12. The topological polar surface area (TPSA) is 73.3 Å². The smallest absolute Gasteiger partial charge is 0.286 e. The van der Waals surface area contributed by atoms with E-state index < -0.39 is 0 Å². The van der Waals surface area contributed by atoms with Crippen LogP contribution in [0.1, 0.15) is 20.4 Å². The molecule has 1 amide bonds. The number of carbonyl (C=O) groups is 1. The van der Waals surface area contributed by atoms with Gasteiger partial charge in [0.05, 0.1) is 19.3 Å². The van der Waals surface area contributed by atoms with E-state index in [4.69, 9.17) is 21.1 Å². The summed E-state index contributed by atoms with van der Waals surface area (Å²) in [5.41, 5.74) is 1.53. The lowest BCUT2D eigenvalue weighted by atomic mass is 10.2. The van der Waals surface area contributed by atoms with Crippen molar-refractivity contribution < 1.29 is 14.3 Å². The van der Waals surface area contributed by atoms with Crippen LogP contribution in [0.3, 0.4) is 0 Å². The van der Waals surface area contributed by atoms with Crippen LogP contribution in [0, 0.1) is 0 Å². The first kappa shape index (κ1) is 18.9. The fourth-order valence-corrected chi connectivity index (χ4v) is 3.10. The number of hydrogen-bond donors (Lipinski definition) is 1. The van der Waals surface area contributed by atoms with Crippen LogP contribution in [0.4, 0.5) is 5.69 Å². The fraction of sp³-hybridized carbons (Fsp3) is 0.105. The number of nitrogens with zero attached hydrogens (tertiary/aromatic N) is 2. The number of rotatable bonds is 6. The molecule has 1 heterocycles. The van der Waals surface area contributed by atoms with Crippen molar-refractivity contribution in [2.75, 3.05) is 19.5 Å². The van der Waals surface area contributed by atoms with Gasteiger partial charge in [-0.15, -0.1) is 10.2 Å². The van der Waals surface area contributed by atoms with Gasteiger partial charge in [-0.25, -0.2) is 0 Å². The van der Waals surface area contributed by atoms with Crippen molar-refractivity contribution in [3.63, 3.8) is 0 Å². The Morgan fingerprint density at radius 1 is 0.963 bits per heavy atom. The third kappa shape index (κ3) is 4.84. The Bertz CT molecular complexity index is 953. The summed E-state index contributed by atoms with van der Waals surface area (Å²) in [6.45, 7) is 0. The molecule has 0 aliphatic rings. The molecule has 2 aromatic carbocycles. The van der Waals surface area contributed by atoms with Gasteiger partial charge in [-0.1, -0.05) is 35.1 Å². The van der Waals surface area contributed by atoms with Gasteiger partial charge in [0.25, 0.3) is 5.91 Å². The maximum absolute atomic E-state index is 12.3. The van der Waals surface area contributed by atoms with E-state index in [0.717, 1.165) is 22.6 Å². The third-order valence-corrected chi connectivity index (χ3v) is 4.94. The number of hydrogen-bond acceptors (Lipinski definition) is 6. The van der Waals surface area contributed by atoms with Crippen LogP contribution in [0.5, 0.6) is 11.5 Å². The number of benzene rings is 2. The lowest BCUT2D eigenvalue weighted by molar-refractivity contribution is 0.102. The predicted molar refractivity (Wildman–Crippen MR) is 108 cm³/mol. The van der Waals surface area contributed by atoms with Crippen molar-refractivity contribution in [1.82, 2.24) is 10.2 Å². The van der Waals surface area contributed by atoms with Crippen molar-refractivity contribution >= 4 is 45.6 Å². The van der Waals surface area contributed by atoms with Crippen LogP contribution in [0.25, 0.3) is 11.1 Å². The molecular formula is C19H16ClN3O3S. The number of amides is 1. The Balaban J connectivity index is 1.70. The molecule has 0 radical (unpaired) electrons. The summed E-state index contributed by atoms with van der Waals surface area (Å²) >= 11 is 7.44. The number of halogens is 1. The minimum absolute atomic E-state index is 0.224. The van der Waals surface area contributed by atoms with E-state index in [1.807, 2.05) is 24.3 Å². The molecule has 0 atom stereocenters. The molecule has 3 aromatic rings. The quantitative estimate of drug-likeness (QED) is 0.656. The number of aromatic nitrogens is 2. The van der Waals surface area contributed by atoms with Gasteiger partial charge >= 0.3 is 0 Å². The first-order chi connectivity index (χ1) is 13.1. The highest BCUT2D eigenvalue weighted by Crippen LogP contribution is 2.26. The number of nitrogens with one attached hydrogen (secondary N) is 1. The molecule has 0 saturated heterocycles. The highest BCUT2D eigenvalue weighted by Gasteiger charge is 2.15. The van der Waals surface area contributed by atoms with E-state index in [0.29, 0.717) is 21.5 Å². The largest absolute Gasteiger partial charge is 0.497 e. The van der Waals surface area contributed by atoms with Crippen LogP contribution in [-0.2, 0) is 0 Å². The van der Waals surface area contributed by atoms with Crippen molar-refractivity contribution in [3.8, 4) is 11.5 Å². The molecule has 0 fully saturated rings. The summed E-state index contributed by atoms with van der Waals surface area (Å²) < 4.78 is 10.2. The Hall–Kier alpha value is -2.90. The monoisotopic (exact) mass is 401 g/mol. The number of methoxy groups -OCH3 is 2.